The molecule has 0 unspecified atom stereocenters. The smallest absolute Gasteiger partial charge is 0.194 e. The average molecular weight is 400 g/mol. The summed E-state index contributed by atoms with van der Waals surface area (Å²) in [5.74, 6) is 1.87. The molecule has 3 rings (SSSR count). The van der Waals surface area contributed by atoms with Crippen molar-refractivity contribution < 1.29 is 9.26 Å². The van der Waals surface area contributed by atoms with Gasteiger partial charge in [0.05, 0.1) is 19.3 Å². The maximum Gasteiger partial charge on any atom is 0.194 e. The Bertz CT molecular complexity index is 780. The molecular weight excluding hydrogens is 366 g/mol. The fraction of sp³-hybridized carbons (Fsp3) is 0.545. The number of nitrogens with one attached hydrogen (secondary N) is 1. The molecule has 0 radical (unpaired) electrons. The van der Waals surface area contributed by atoms with Crippen LogP contribution in [0.15, 0.2) is 46.1 Å². The molecule has 2 heterocycles. The lowest BCUT2D eigenvalue weighted by atomic mass is 9.84. The summed E-state index contributed by atoms with van der Waals surface area (Å²) in [5, 5.41) is 7.48. The third-order valence-electron chi connectivity index (χ3n) is 5.36. The molecular formula is C22H33N5O2. The van der Waals surface area contributed by atoms with Gasteiger partial charge in [0.1, 0.15) is 12.0 Å². The van der Waals surface area contributed by atoms with E-state index >= 15 is 0 Å². The van der Waals surface area contributed by atoms with Gasteiger partial charge in [0.15, 0.2) is 5.96 Å². The molecule has 29 heavy (non-hydrogen) atoms. The number of ether oxygens (including phenoxy) is 1. The lowest BCUT2D eigenvalue weighted by Gasteiger charge is -2.36. The summed E-state index contributed by atoms with van der Waals surface area (Å²) in [6.07, 6.45) is 1.63. The van der Waals surface area contributed by atoms with Crippen LogP contribution in [0.5, 0.6) is 5.75 Å². The fourth-order valence-electron chi connectivity index (χ4n) is 3.50. The zero-order valence-electron chi connectivity index (χ0n) is 18.0. The van der Waals surface area contributed by atoms with E-state index in [-0.39, 0.29) is 5.41 Å². The first kappa shape index (κ1) is 21.2. The first-order valence-electron chi connectivity index (χ1n) is 10.3. The molecule has 1 fully saturated rings. The molecule has 158 valence electrons. The molecule has 0 amide bonds. The van der Waals surface area contributed by atoms with Crippen LogP contribution in [-0.4, -0.2) is 67.3 Å². The topological polar surface area (TPSA) is 66.1 Å². The van der Waals surface area contributed by atoms with Gasteiger partial charge in [-0.2, -0.15) is 0 Å². The second-order valence-corrected chi connectivity index (χ2v) is 8.04. The number of benzene rings is 1. The van der Waals surface area contributed by atoms with Crippen LogP contribution in [0.1, 0.15) is 32.0 Å². The van der Waals surface area contributed by atoms with Crippen molar-refractivity contribution in [2.45, 2.75) is 32.7 Å². The van der Waals surface area contributed by atoms with Gasteiger partial charge in [-0.15, -0.1) is 0 Å². The maximum atomic E-state index is 5.39. The molecule has 1 aromatic carbocycles. The van der Waals surface area contributed by atoms with E-state index < -0.39 is 0 Å². The Hall–Kier alpha value is -2.54. The molecule has 0 spiro atoms. The average Bonchev–Trinajstić information content (AvgIpc) is 3.25. The van der Waals surface area contributed by atoms with Gasteiger partial charge in [-0.3, -0.25) is 9.89 Å². The number of guanidine groups is 1. The fourth-order valence-corrected chi connectivity index (χ4v) is 3.50. The molecule has 1 aliphatic rings. The van der Waals surface area contributed by atoms with Crippen LogP contribution in [0.4, 0.5) is 0 Å². The third kappa shape index (κ3) is 5.73. The highest BCUT2D eigenvalue weighted by molar-refractivity contribution is 5.80. The molecule has 7 heteroatoms. The summed E-state index contributed by atoms with van der Waals surface area (Å²) in [6.45, 7) is 12.8. The third-order valence-corrected chi connectivity index (χ3v) is 5.36. The Morgan fingerprint density at radius 2 is 2.03 bits per heavy atom. The van der Waals surface area contributed by atoms with Crippen molar-refractivity contribution >= 4 is 5.96 Å². The van der Waals surface area contributed by atoms with Crippen LogP contribution in [0.2, 0.25) is 0 Å². The lowest BCUT2D eigenvalue weighted by molar-refractivity contribution is 0.169. The maximum absolute atomic E-state index is 5.39. The van der Waals surface area contributed by atoms with Gasteiger partial charge in [-0.25, -0.2) is 0 Å². The van der Waals surface area contributed by atoms with Crippen molar-refractivity contribution in [2.75, 3.05) is 46.4 Å². The van der Waals surface area contributed by atoms with Crippen LogP contribution in [-0.2, 0) is 12.0 Å². The van der Waals surface area contributed by atoms with E-state index in [9.17, 15) is 0 Å². The van der Waals surface area contributed by atoms with Crippen molar-refractivity contribution in [3.63, 3.8) is 0 Å². The normalized spacial score (nSPS) is 16.1. The van der Waals surface area contributed by atoms with Gasteiger partial charge in [-0.1, -0.05) is 31.1 Å². The van der Waals surface area contributed by atoms with E-state index in [2.05, 4.69) is 53.2 Å². The van der Waals surface area contributed by atoms with Crippen molar-refractivity contribution in [1.29, 1.82) is 0 Å². The number of aromatic nitrogens is 1. The first-order valence-corrected chi connectivity index (χ1v) is 10.3. The second kappa shape index (κ2) is 9.78. The highest BCUT2D eigenvalue weighted by Crippen LogP contribution is 2.26. The van der Waals surface area contributed by atoms with E-state index in [1.54, 1.807) is 13.4 Å². The van der Waals surface area contributed by atoms with Crippen molar-refractivity contribution in [3.05, 3.63) is 47.9 Å². The number of methoxy groups -OCH3 is 1. The monoisotopic (exact) mass is 399 g/mol. The Morgan fingerprint density at radius 3 is 2.69 bits per heavy atom. The van der Waals surface area contributed by atoms with E-state index in [1.165, 1.54) is 5.56 Å². The number of nitrogens with zero attached hydrogens (tertiary/aromatic N) is 4. The molecule has 0 bridgehead atoms. The van der Waals surface area contributed by atoms with Crippen molar-refractivity contribution in [2.24, 2.45) is 4.99 Å². The standard InChI is InChI=1S/C22H33N5O2/c1-5-23-21(24-17-22(2,3)18-7-6-8-20(15-18)28-4)27-12-10-26(11-13-27)16-19-9-14-29-25-19/h6-9,14-15H,5,10-13,16-17H2,1-4H3,(H,23,24). The minimum absolute atomic E-state index is 0.0794. The molecule has 0 aliphatic carbocycles. The SMILES string of the molecule is CCNC(=NCC(C)(C)c1cccc(OC)c1)N1CCN(Cc2ccon2)CC1. The molecule has 0 saturated carbocycles. The molecule has 7 nitrogen and oxygen atoms in total. The van der Waals surface area contributed by atoms with Gasteiger partial charge < -0.3 is 19.5 Å². The van der Waals surface area contributed by atoms with Gasteiger partial charge in [0, 0.05) is 50.7 Å². The largest absolute Gasteiger partial charge is 0.497 e. The van der Waals surface area contributed by atoms with Gasteiger partial charge in [-0.05, 0) is 24.6 Å². The van der Waals surface area contributed by atoms with Gasteiger partial charge in [0.25, 0.3) is 0 Å². The van der Waals surface area contributed by atoms with Crippen molar-refractivity contribution in [3.8, 4) is 5.75 Å². The first-order chi connectivity index (χ1) is 14.0. The summed E-state index contributed by atoms with van der Waals surface area (Å²) in [4.78, 5) is 9.74. The molecule has 1 aromatic heterocycles. The molecule has 1 saturated heterocycles. The van der Waals surface area contributed by atoms with Crippen LogP contribution >= 0.6 is 0 Å². The number of hydrogen-bond acceptors (Lipinski definition) is 5. The molecule has 2 aromatic rings. The number of piperazine rings is 1. The predicted octanol–water partition coefficient (Wildman–Crippen LogP) is 2.74. The Kier molecular flexibility index (Phi) is 7.14. The van der Waals surface area contributed by atoms with Crippen LogP contribution in [0.3, 0.4) is 0 Å². The van der Waals surface area contributed by atoms with E-state index in [4.69, 9.17) is 14.3 Å². The van der Waals surface area contributed by atoms with Crippen LogP contribution in [0.25, 0.3) is 0 Å². The zero-order chi connectivity index (χ0) is 20.7. The summed E-state index contributed by atoms with van der Waals surface area (Å²) in [5.41, 5.74) is 2.14. The lowest BCUT2D eigenvalue weighted by Crippen LogP contribution is -2.52. The zero-order valence-corrected chi connectivity index (χ0v) is 18.0. The Balaban J connectivity index is 1.62. The molecule has 1 aliphatic heterocycles. The number of aliphatic imine (C=N–C) groups is 1. The second-order valence-electron chi connectivity index (χ2n) is 8.04. The van der Waals surface area contributed by atoms with Crippen molar-refractivity contribution in [1.82, 2.24) is 20.3 Å². The van der Waals surface area contributed by atoms with E-state index in [0.29, 0.717) is 6.54 Å². The number of hydrogen-bond donors (Lipinski definition) is 1. The van der Waals surface area contributed by atoms with Crippen LogP contribution in [0, 0.1) is 0 Å². The summed E-state index contributed by atoms with van der Waals surface area (Å²) in [7, 11) is 1.70. The summed E-state index contributed by atoms with van der Waals surface area (Å²) in [6, 6.07) is 10.2. The molecule has 0 atom stereocenters. The number of rotatable bonds is 7. The minimum atomic E-state index is -0.0794. The van der Waals surface area contributed by atoms with Crippen LogP contribution < -0.4 is 10.1 Å². The van der Waals surface area contributed by atoms with E-state index in [0.717, 1.165) is 56.7 Å². The van der Waals surface area contributed by atoms with E-state index in [1.807, 2.05) is 18.2 Å². The predicted molar refractivity (Wildman–Crippen MR) is 115 cm³/mol. The molecule has 1 N–H and O–H groups in total. The summed E-state index contributed by atoms with van der Waals surface area (Å²) < 4.78 is 10.3. The highest BCUT2D eigenvalue weighted by atomic mass is 16.5. The quantitative estimate of drug-likeness (QED) is 0.570. The summed E-state index contributed by atoms with van der Waals surface area (Å²) >= 11 is 0. The Labute approximate surface area is 173 Å². The minimum Gasteiger partial charge on any atom is -0.497 e. The Morgan fingerprint density at radius 1 is 1.24 bits per heavy atom. The van der Waals surface area contributed by atoms with Gasteiger partial charge >= 0.3 is 0 Å². The highest BCUT2D eigenvalue weighted by Gasteiger charge is 2.24. The van der Waals surface area contributed by atoms with Gasteiger partial charge in [0.2, 0.25) is 0 Å².